The summed E-state index contributed by atoms with van der Waals surface area (Å²) in [6.07, 6.45) is 8.80. The topological polar surface area (TPSA) is 71.4 Å². The third-order valence-corrected chi connectivity index (χ3v) is 10.6. The van der Waals surface area contributed by atoms with E-state index in [4.69, 9.17) is 11.6 Å². The van der Waals surface area contributed by atoms with Crippen molar-refractivity contribution in [3.63, 3.8) is 0 Å². The number of carboxylic acid groups (broad SMARTS) is 1. The first-order chi connectivity index (χ1) is 14.5. The fraction of sp³-hybridized carbons (Fsp3) is 0.731. The van der Waals surface area contributed by atoms with Gasteiger partial charge in [0.1, 0.15) is 0 Å². The van der Waals surface area contributed by atoms with Gasteiger partial charge in [0.25, 0.3) is 0 Å². The minimum Gasteiger partial charge on any atom is -0.481 e. The van der Waals surface area contributed by atoms with Crippen LogP contribution in [0.5, 0.6) is 0 Å². The average Bonchev–Trinajstić information content (AvgIpc) is 2.70. The maximum Gasteiger partial charge on any atom is 0.309 e. The highest BCUT2D eigenvalue weighted by Crippen LogP contribution is 2.74. The lowest BCUT2D eigenvalue weighted by atomic mass is 9.33. The number of Topliss-reactive ketones (excluding diaryl/α,β-unsaturated/α-hetero) is 1. The van der Waals surface area contributed by atoms with Gasteiger partial charge in [0.15, 0.2) is 11.6 Å². The van der Waals surface area contributed by atoms with E-state index in [1.54, 1.807) is 0 Å². The Balaban J connectivity index is 1.69. The van der Waals surface area contributed by atoms with Crippen molar-refractivity contribution in [3.05, 3.63) is 22.8 Å². The lowest BCUT2D eigenvalue weighted by Gasteiger charge is -2.69. The summed E-state index contributed by atoms with van der Waals surface area (Å²) in [5.41, 5.74) is 0.0634. The summed E-state index contributed by atoms with van der Waals surface area (Å²) < 4.78 is 0. The summed E-state index contributed by atoms with van der Waals surface area (Å²) >= 11 is 6.30. The van der Waals surface area contributed by atoms with Crippen LogP contribution < -0.4 is 0 Å². The number of carboxylic acids is 1. The van der Waals surface area contributed by atoms with Gasteiger partial charge in [0, 0.05) is 23.3 Å². The van der Waals surface area contributed by atoms with Crippen molar-refractivity contribution in [1.29, 1.82) is 0 Å². The van der Waals surface area contributed by atoms with Gasteiger partial charge in [-0.15, -0.1) is 0 Å². The molecule has 0 aromatic rings. The molecule has 0 radical (unpaired) electrons. The van der Waals surface area contributed by atoms with Crippen LogP contribution in [-0.4, -0.2) is 22.6 Å². The Bertz CT molecular complexity index is 947. The average molecular weight is 445 g/mol. The van der Waals surface area contributed by atoms with E-state index in [1.165, 1.54) is 11.6 Å². The van der Waals surface area contributed by atoms with Crippen molar-refractivity contribution in [2.45, 2.75) is 66.2 Å². The molecule has 1 N–H and O–H groups in total. The molecule has 31 heavy (non-hydrogen) atoms. The molecule has 6 aliphatic rings. The zero-order valence-corrected chi connectivity index (χ0v) is 19.7. The van der Waals surface area contributed by atoms with Crippen LogP contribution in [0.3, 0.4) is 0 Å². The van der Waals surface area contributed by atoms with Crippen molar-refractivity contribution in [3.8, 4) is 0 Å². The van der Waals surface area contributed by atoms with Gasteiger partial charge in [-0.1, -0.05) is 50.4 Å². The number of carbonyl (C=O) groups excluding carboxylic acids is 2. The van der Waals surface area contributed by atoms with Crippen LogP contribution in [0, 0.1) is 51.8 Å². The number of carbonyl (C=O) groups is 3. The summed E-state index contributed by atoms with van der Waals surface area (Å²) in [4.78, 5) is 39.0. The fourth-order valence-corrected chi connectivity index (χ4v) is 9.30. The second kappa shape index (κ2) is 6.56. The molecule has 0 aliphatic heterocycles. The van der Waals surface area contributed by atoms with Gasteiger partial charge in [-0.3, -0.25) is 14.4 Å². The molecule has 0 aromatic carbocycles. The lowest BCUT2D eigenvalue weighted by Crippen LogP contribution is -2.67. The summed E-state index contributed by atoms with van der Waals surface area (Å²) in [6, 6.07) is 0. The van der Waals surface area contributed by atoms with E-state index in [2.05, 4.69) is 26.8 Å². The molecule has 168 valence electrons. The third kappa shape index (κ3) is 2.52. The minimum absolute atomic E-state index is 0.00923. The summed E-state index contributed by atoms with van der Waals surface area (Å²) in [5, 5.41) is 10.2. The highest BCUT2D eigenvalue weighted by molar-refractivity contribution is 6.45. The van der Waals surface area contributed by atoms with E-state index in [0.29, 0.717) is 5.92 Å². The maximum absolute atomic E-state index is 13.4. The first-order valence-electron chi connectivity index (χ1n) is 11.9. The van der Waals surface area contributed by atoms with Crippen LogP contribution in [-0.2, 0) is 14.4 Å². The van der Waals surface area contributed by atoms with E-state index in [9.17, 15) is 19.5 Å². The molecule has 0 unspecified atom stereocenters. The van der Waals surface area contributed by atoms with Crippen LogP contribution in [0.15, 0.2) is 22.8 Å². The highest BCUT2D eigenvalue weighted by atomic mass is 35.5. The quantitative estimate of drug-likeness (QED) is 0.578. The molecule has 1 spiro atoms. The Kier molecular flexibility index (Phi) is 4.53. The van der Waals surface area contributed by atoms with E-state index in [-0.39, 0.29) is 57.0 Å². The third-order valence-electron chi connectivity index (χ3n) is 10.3. The van der Waals surface area contributed by atoms with Crippen molar-refractivity contribution in [2.75, 3.05) is 0 Å². The summed E-state index contributed by atoms with van der Waals surface area (Å²) in [6.45, 7) is 8.58. The molecule has 8 atom stereocenters. The monoisotopic (exact) mass is 444 g/mol. The molecular formula is C26H33ClO4. The standard InChI is InChI=1S/C26H33ClO4/c1-13(2)15-12-26-9-6-18-24(3,7-5-8-25(18,4)23(30)31)19(26)10-14(15)20-17(28)11-16(27)22(29)21(20)26/h11-14,18-21H,5-10H2,1-4H3,(H,30,31)/t14-,18+,19+,20+,21-,24+,25-,26+/m1/s1. The Morgan fingerprint density at radius 2 is 1.87 bits per heavy atom. The molecular weight excluding hydrogens is 412 g/mol. The SMILES string of the molecule is CC(C)C1=C[C@@]23CC[C@H]4[C@](C)(CCC[C@@]4(C)C(=O)O)[C@@H]2C[C@H]1[C@H]1C(=O)C=C(Cl)C(=O)[C@@H]13. The number of allylic oxidation sites excluding steroid dienone is 4. The van der Waals surface area contributed by atoms with Crippen molar-refractivity contribution in [1.82, 2.24) is 0 Å². The molecule has 0 saturated heterocycles. The van der Waals surface area contributed by atoms with Gasteiger partial charge >= 0.3 is 5.97 Å². The zero-order chi connectivity index (χ0) is 22.5. The lowest BCUT2D eigenvalue weighted by molar-refractivity contribution is -0.197. The van der Waals surface area contributed by atoms with Gasteiger partial charge in [-0.2, -0.15) is 0 Å². The summed E-state index contributed by atoms with van der Waals surface area (Å²) in [7, 11) is 0. The normalized spacial score (nSPS) is 48.5. The van der Waals surface area contributed by atoms with Crippen LogP contribution in [0.1, 0.15) is 66.2 Å². The molecule has 0 heterocycles. The first kappa shape index (κ1) is 21.4. The van der Waals surface area contributed by atoms with Crippen molar-refractivity contribution >= 4 is 29.1 Å². The molecule has 0 aromatic heterocycles. The smallest absolute Gasteiger partial charge is 0.309 e. The van der Waals surface area contributed by atoms with E-state index < -0.39 is 11.4 Å². The highest BCUT2D eigenvalue weighted by Gasteiger charge is 2.71. The molecule has 6 aliphatic carbocycles. The number of halogens is 1. The number of aliphatic carboxylic acids is 1. The maximum atomic E-state index is 13.4. The van der Waals surface area contributed by atoms with Crippen LogP contribution >= 0.6 is 11.6 Å². The van der Waals surface area contributed by atoms with Gasteiger partial charge < -0.3 is 5.11 Å². The number of rotatable bonds is 2. The van der Waals surface area contributed by atoms with Gasteiger partial charge in [-0.25, -0.2) is 0 Å². The first-order valence-corrected chi connectivity index (χ1v) is 12.3. The molecule has 5 heteroatoms. The van der Waals surface area contributed by atoms with Gasteiger partial charge in [0.05, 0.1) is 10.4 Å². The fourth-order valence-electron chi connectivity index (χ4n) is 9.07. The number of hydrogen-bond acceptors (Lipinski definition) is 3. The van der Waals surface area contributed by atoms with Crippen LogP contribution in [0.2, 0.25) is 0 Å². The number of ketones is 2. The molecule has 3 saturated carbocycles. The Labute approximate surface area is 189 Å². The zero-order valence-electron chi connectivity index (χ0n) is 18.9. The molecule has 3 fully saturated rings. The molecule has 4 nitrogen and oxygen atoms in total. The van der Waals surface area contributed by atoms with Crippen LogP contribution in [0.25, 0.3) is 0 Å². The minimum atomic E-state index is -0.723. The molecule has 2 bridgehead atoms. The predicted molar refractivity (Wildman–Crippen MR) is 118 cm³/mol. The molecule has 0 amide bonds. The van der Waals surface area contributed by atoms with Crippen LogP contribution in [0.4, 0.5) is 0 Å². The number of fused-ring (bicyclic) bond motifs is 1. The molecule has 6 rings (SSSR count). The Morgan fingerprint density at radius 1 is 1.16 bits per heavy atom. The van der Waals surface area contributed by atoms with Crippen molar-refractivity contribution < 1.29 is 19.5 Å². The number of hydrogen-bond donors (Lipinski definition) is 1. The van der Waals surface area contributed by atoms with Gasteiger partial charge in [0.2, 0.25) is 0 Å². The Hall–Kier alpha value is -1.42. The summed E-state index contributed by atoms with van der Waals surface area (Å²) in [5.74, 6) is -0.748. The van der Waals surface area contributed by atoms with Crippen molar-refractivity contribution in [2.24, 2.45) is 51.8 Å². The van der Waals surface area contributed by atoms with E-state index in [1.807, 2.05) is 6.92 Å². The van der Waals surface area contributed by atoms with E-state index in [0.717, 1.165) is 38.5 Å². The van der Waals surface area contributed by atoms with E-state index >= 15 is 0 Å². The Morgan fingerprint density at radius 3 is 2.52 bits per heavy atom. The van der Waals surface area contributed by atoms with Gasteiger partial charge in [-0.05, 0) is 68.1 Å². The predicted octanol–water partition coefficient (Wildman–Crippen LogP) is 5.40. The second-order valence-electron chi connectivity index (χ2n) is 11.7. The second-order valence-corrected chi connectivity index (χ2v) is 12.1. The largest absolute Gasteiger partial charge is 0.481 e.